The van der Waals surface area contributed by atoms with Gasteiger partial charge in [-0.05, 0) is 17.7 Å². The SMILES string of the molecule is CC(=O)c1oc2cc(O)cc(O)c2c(=O)c1-c1ccc(O)cc1. The third kappa shape index (κ3) is 2.40. The van der Waals surface area contributed by atoms with E-state index in [0.717, 1.165) is 12.1 Å². The average Bonchev–Trinajstić information content (AvgIpc) is 2.47. The summed E-state index contributed by atoms with van der Waals surface area (Å²) in [4.78, 5) is 24.6. The molecule has 0 aliphatic heterocycles. The predicted molar refractivity (Wildman–Crippen MR) is 82.9 cm³/mol. The summed E-state index contributed by atoms with van der Waals surface area (Å²) < 4.78 is 5.45. The predicted octanol–water partition coefficient (Wildman–Crippen LogP) is 2.78. The zero-order valence-corrected chi connectivity index (χ0v) is 12.0. The molecule has 0 bridgehead atoms. The summed E-state index contributed by atoms with van der Waals surface area (Å²) in [6, 6.07) is 7.87. The van der Waals surface area contributed by atoms with Crippen LogP contribution in [0, 0.1) is 0 Å². The van der Waals surface area contributed by atoms with E-state index < -0.39 is 17.0 Å². The van der Waals surface area contributed by atoms with Crippen LogP contribution in [-0.2, 0) is 0 Å². The molecule has 23 heavy (non-hydrogen) atoms. The number of aromatic hydroxyl groups is 3. The summed E-state index contributed by atoms with van der Waals surface area (Å²) in [5, 5.41) is 28.7. The third-order valence-electron chi connectivity index (χ3n) is 3.44. The van der Waals surface area contributed by atoms with Gasteiger partial charge in [-0.3, -0.25) is 9.59 Å². The van der Waals surface area contributed by atoms with Gasteiger partial charge in [0, 0.05) is 19.1 Å². The highest BCUT2D eigenvalue weighted by Gasteiger charge is 2.21. The molecule has 3 rings (SSSR count). The molecule has 1 aromatic heterocycles. The van der Waals surface area contributed by atoms with E-state index in [1.54, 1.807) is 0 Å². The maximum absolute atomic E-state index is 12.8. The third-order valence-corrected chi connectivity index (χ3v) is 3.44. The fraction of sp³-hybridized carbons (Fsp3) is 0.0588. The van der Waals surface area contributed by atoms with Crippen LogP contribution in [-0.4, -0.2) is 21.1 Å². The van der Waals surface area contributed by atoms with Gasteiger partial charge in [-0.1, -0.05) is 12.1 Å². The van der Waals surface area contributed by atoms with Crippen LogP contribution in [0.1, 0.15) is 17.5 Å². The molecule has 0 atom stereocenters. The Hall–Kier alpha value is -3.28. The average molecular weight is 312 g/mol. The van der Waals surface area contributed by atoms with Crippen LogP contribution in [0.3, 0.4) is 0 Å². The van der Waals surface area contributed by atoms with E-state index in [2.05, 4.69) is 0 Å². The van der Waals surface area contributed by atoms with Gasteiger partial charge in [0.1, 0.15) is 28.2 Å². The number of phenols is 3. The van der Waals surface area contributed by atoms with E-state index in [9.17, 15) is 24.9 Å². The highest BCUT2D eigenvalue weighted by Crippen LogP contribution is 2.32. The minimum absolute atomic E-state index is 0.00834. The van der Waals surface area contributed by atoms with E-state index in [4.69, 9.17) is 4.42 Å². The molecule has 0 saturated carbocycles. The van der Waals surface area contributed by atoms with Crippen LogP contribution in [0.4, 0.5) is 0 Å². The molecule has 0 saturated heterocycles. The second-order valence-corrected chi connectivity index (χ2v) is 5.08. The Labute approximate surface area is 129 Å². The molecule has 0 radical (unpaired) electrons. The monoisotopic (exact) mass is 312 g/mol. The zero-order valence-electron chi connectivity index (χ0n) is 12.0. The van der Waals surface area contributed by atoms with Gasteiger partial charge in [0.25, 0.3) is 0 Å². The lowest BCUT2D eigenvalue weighted by molar-refractivity contribution is 0.0988. The van der Waals surface area contributed by atoms with Gasteiger partial charge in [-0.25, -0.2) is 0 Å². The Morgan fingerprint density at radius 2 is 1.65 bits per heavy atom. The fourth-order valence-electron chi connectivity index (χ4n) is 2.42. The van der Waals surface area contributed by atoms with Gasteiger partial charge in [0.2, 0.25) is 5.43 Å². The van der Waals surface area contributed by atoms with E-state index in [1.165, 1.54) is 31.2 Å². The number of hydrogen-bond acceptors (Lipinski definition) is 6. The number of ketones is 1. The second-order valence-electron chi connectivity index (χ2n) is 5.08. The van der Waals surface area contributed by atoms with Crippen LogP contribution < -0.4 is 5.43 Å². The fourth-order valence-corrected chi connectivity index (χ4v) is 2.42. The molecule has 2 aromatic carbocycles. The van der Waals surface area contributed by atoms with Crippen molar-refractivity contribution < 1.29 is 24.5 Å². The molecule has 3 N–H and O–H groups in total. The largest absolute Gasteiger partial charge is 0.508 e. The summed E-state index contributed by atoms with van der Waals surface area (Å²) >= 11 is 0. The number of carbonyl (C=O) groups is 1. The summed E-state index contributed by atoms with van der Waals surface area (Å²) in [5.41, 5.74) is -0.318. The number of hydrogen-bond donors (Lipinski definition) is 3. The molecule has 0 spiro atoms. The molecule has 1 heterocycles. The van der Waals surface area contributed by atoms with Crippen LogP contribution >= 0.6 is 0 Å². The Morgan fingerprint density at radius 1 is 1.00 bits per heavy atom. The summed E-state index contributed by atoms with van der Waals surface area (Å²) in [6.07, 6.45) is 0. The van der Waals surface area contributed by atoms with Gasteiger partial charge in [0.05, 0.1) is 5.56 Å². The zero-order chi connectivity index (χ0) is 16.7. The summed E-state index contributed by atoms with van der Waals surface area (Å²) in [6.45, 7) is 1.25. The molecule has 0 aliphatic carbocycles. The van der Waals surface area contributed by atoms with Crippen molar-refractivity contribution in [2.24, 2.45) is 0 Å². The van der Waals surface area contributed by atoms with Crippen molar-refractivity contribution in [3.8, 4) is 28.4 Å². The van der Waals surface area contributed by atoms with Crippen molar-refractivity contribution in [1.29, 1.82) is 0 Å². The van der Waals surface area contributed by atoms with Gasteiger partial charge in [-0.2, -0.15) is 0 Å². The molecule has 6 heteroatoms. The summed E-state index contributed by atoms with van der Waals surface area (Å²) in [5.74, 6) is -1.38. The molecule has 0 amide bonds. The van der Waals surface area contributed by atoms with Crippen molar-refractivity contribution in [3.05, 3.63) is 52.4 Å². The Kier molecular flexibility index (Phi) is 3.29. The van der Waals surface area contributed by atoms with Crippen molar-refractivity contribution in [2.75, 3.05) is 0 Å². The number of Topliss-reactive ketones (excluding diaryl/α,β-unsaturated/α-hetero) is 1. The number of benzene rings is 2. The molecular formula is C17H12O6. The number of carbonyl (C=O) groups excluding carboxylic acids is 1. The minimum atomic E-state index is -0.598. The number of phenolic OH excluding ortho intramolecular Hbond substituents is 3. The summed E-state index contributed by atoms with van der Waals surface area (Å²) in [7, 11) is 0. The maximum Gasteiger partial charge on any atom is 0.205 e. The number of rotatable bonds is 2. The highest BCUT2D eigenvalue weighted by molar-refractivity contribution is 6.01. The number of fused-ring (bicyclic) bond motifs is 1. The molecule has 0 aliphatic rings. The lowest BCUT2D eigenvalue weighted by Crippen LogP contribution is -2.11. The van der Waals surface area contributed by atoms with Crippen molar-refractivity contribution in [2.45, 2.75) is 6.92 Å². The van der Waals surface area contributed by atoms with Gasteiger partial charge < -0.3 is 19.7 Å². The first-order valence-corrected chi connectivity index (χ1v) is 6.71. The second kappa shape index (κ2) is 5.17. The quantitative estimate of drug-likeness (QED) is 0.628. The molecule has 6 nitrogen and oxygen atoms in total. The van der Waals surface area contributed by atoms with Crippen molar-refractivity contribution in [1.82, 2.24) is 0 Å². The lowest BCUT2D eigenvalue weighted by Gasteiger charge is -2.09. The minimum Gasteiger partial charge on any atom is -0.508 e. The van der Waals surface area contributed by atoms with Crippen LogP contribution in [0.2, 0.25) is 0 Å². The molecule has 0 unspecified atom stereocenters. The normalized spacial score (nSPS) is 10.8. The molecule has 0 fully saturated rings. The van der Waals surface area contributed by atoms with E-state index in [-0.39, 0.29) is 33.8 Å². The Bertz CT molecular complexity index is 983. The van der Waals surface area contributed by atoms with Crippen molar-refractivity contribution in [3.63, 3.8) is 0 Å². The van der Waals surface area contributed by atoms with E-state index >= 15 is 0 Å². The molecular weight excluding hydrogens is 300 g/mol. The molecule has 116 valence electrons. The highest BCUT2D eigenvalue weighted by atomic mass is 16.3. The van der Waals surface area contributed by atoms with Crippen LogP contribution in [0.25, 0.3) is 22.1 Å². The van der Waals surface area contributed by atoms with Gasteiger partial charge >= 0.3 is 0 Å². The first kappa shape index (κ1) is 14.6. The van der Waals surface area contributed by atoms with E-state index in [1.807, 2.05) is 0 Å². The Balaban J connectivity index is 2.47. The first-order valence-electron chi connectivity index (χ1n) is 6.71. The maximum atomic E-state index is 12.8. The standard InChI is InChI=1S/C17H12O6/c1-8(18)17-14(9-2-4-10(19)5-3-9)16(22)15-12(21)6-11(20)7-13(15)23-17/h2-7,19-21H,1H3. The molecule has 3 aromatic rings. The van der Waals surface area contributed by atoms with E-state index in [0.29, 0.717) is 5.56 Å². The first-order chi connectivity index (χ1) is 10.9. The van der Waals surface area contributed by atoms with Gasteiger partial charge in [0.15, 0.2) is 11.5 Å². The van der Waals surface area contributed by atoms with Crippen LogP contribution in [0.15, 0.2) is 45.6 Å². The van der Waals surface area contributed by atoms with Gasteiger partial charge in [-0.15, -0.1) is 0 Å². The topological polar surface area (TPSA) is 108 Å². The Morgan fingerprint density at radius 3 is 2.26 bits per heavy atom. The lowest BCUT2D eigenvalue weighted by atomic mass is 10.00. The smallest absolute Gasteiger partial charge is 0.205 e. The van der Waals surface area contributed by atoms with Crippen LogP contribution in [0.5, 0.6) is 17.2 Å². The van der Waals surface area contributed by atoms with Crippen molar-refractivity contribution >= 4 is 16.8 Å².